The lowest BCUT2D eigenvalue weighted by molar-refractivity contribution is 0.135. The zero-order valence-electron chi connectivity index (χ0n) is 9.90. The Bertz CT molecular complexity index is 731. The molecule has 1 heterocycles. The molecule has 0 amide bonds. The van der Waals surface area contributed by atoms with E-state index in [0.717, 1.165) is 5.39 Å². The summed E-state index contributed by atoms with van der Waals surface area (Å²) >= 11 is 0. The molecule has 0 fully saturated rings. The van der Waals surface area contributed by atoms with Crippen LogP contribution in [0.3, 0.4) is 0 Å². The quantitative estimate of drug-likeness (QED) is 0.503. The third kappa shape index (κ3) is 3.88. The Balaban J connectivity index is 2.14. The lowest BCUT2D eigenvalue weighted by Crippen LogP contribution is -2.11. The van der Waals surface area contributed by atoms with Crippen molar-refractivity contribution < 1.29 is 22.1 Å². The molecule has 2 rings (SSSR count). The highest BCUT2D eigenvalue weighted by molar-refractivity contribution is 7.85. The van der Waals surface area contributed by atoms with E-state index in [9.17, 15) is 13.2 Å². The van der Waals surface area contributed by atoms with Crippen molar-refractivity contribution in [2.24, 2.45) is 0 Å². The predicted octanol–water partition coefficient (Wildman–Crippen LogP) is 1.20. The van der Waals surface area contributed by atoms with Crippen molar-refractivity contribution in [1.82, 2.24) is 0 Å². The minimum atomic E-state index is -4.03. The third-order valence-corrected chi connectivity index (χ3v) is 3.16. The van der Waals surface area contributed by atoms with Gasteiger partial charge in [-0.15, -0.1) is 0 Å². The van der Waals surface area contributed by atoms with Crippen LogP contribution in [0.1, 0.15) is 5.56 Å². The van der Waals surface area contributed by atoms with Crippen LogP contribution < -0.4 is 5.63 Å². The SMILES string of the molecule is O=c1cc(COCCS(=O)(=O)O)c2ccccc2o1. The van der Waals surface area contributed by atoms with Crippen LogP contribution in [-0.2, 0) is 21.5 Å². The fourth-order valence-electron chi connectivity index (χ4n) is 1.64. The van der Waals surface area contributed by atoms with Gasteiger partial charge in [-0.3, -0.25) is 4.55 Å². The first-order valence-electron chi connectivity index (χ1n) is 5.50. The molecule has 0 saturated carbocycles. The molecular formula is C12H12O6S. The Hall–Kier alpha value is -1.70. The van der Waals surface area contributed by atoms with Gasteiger partial charge in [0.1, 0.15) is 5.58 Å². The first-order valence-corrected chi connectivity index (χ1v) is 7.11. The second-order valence-electron chi connectivity index (χ2n) is 3.93. The Morgan fingerprint density at radius 1 is 1.26 bits per heavy atom. The van der Waals surface area contributed by atoms with E-state index in [1.807, 2.05) is 0 Å². The van der Waals surface area contributed by atoms with Crippen molar-refractivity contribution in [3.8, 4) is 0 Å². The van der Waals surface area contributed by atoms with Crippen LogP contribution in [-0.4, -0.2) is 25.3 Å². The van der Waals surface area contributed by atoms with Crippen molar-refractivity contribution in [3.63, 3.8) is 0 Å². The van der Waals surface area contributed by atoms with Crippen LogP contribution in [0.2, 0.25) is 0 Å². The molecule has 1 aromatic carbocycles. The number of para-hydroxylation sites is 1. The number of benzene rings is 1. The maximum absolute atomic E-state index is 11.3. The Kier molecular flexibility index (Phi) is 3.98. The van der Waals surface area contributed by atoms with Crippen LogP contribution in [0, 0.1) is 0 Å². The van der Waals surface area contributed by atoms with Gasteiger partial charge in [0, 0.05) is 11.5 Å². The van der Waals surface area contributed by atoms with E-state index in [1.165, 1.54) is 6.07 Å². The first kappa shape index (κ1) is 13.7. The molecule has 0 aliphatic carbocycles. The summed E-state index contributed by atoms with van der Waals surface area (Å²) in [6.07, 6.45) is 0. The van der Waals surface area contributed by atoms with Gasteiger partial charge in [0.15, 0.2) is 0 Å². The summed E-state index contributed by atoms with van der Waals surface area (Å²) in [7, 11) is -4.03. The largest absolute Gasteiger partial charge is 0.423 e. The summed E-state index contributed by atoms with van der Waals surface area (Å²) < 4.78 is 39.8. The monoisotopic (exact) mass is 284 g/mol. The fourth-order valence-corrected chi connectivity index (χ4v) is 1.97. The van der Waals surface area contributed by atoms with E-state index in [4.69, 9.17) is 13.7 Å². The second-order valence-corrected chi connectivity index (χ2v) is 5.50. The molecule has 2 aromatic rings. The molecule has 6 nitrogen and oxygen atoms in total. The summed E-state index contributed by atoms with van der Waals surface area (Å²) in [4.78, 5) is 11.3. The highest BCUT2D eigenvalue weighted by Gasteiger charge is 2.07. The van der Waals surface area contributed by atoms with Gasteiger partial charge in [-0.05, 0) is 11.6 Å². The molecule has 0 atom stereocenters. The smallest absolute Gasteiger partial charge is 0.336 e. The van der Waals surface area contributed by atoms with Crippen LogP contribution in [0.4, 0.5) is 0 Å². The maximum atomic E-state index is 11.3. The minimum Gasteiger partial charge on any atom is -0.423 e. The second kappa shape index (κ2) is 5.52. The van der Waals surface area contributed by atoms with Gasteiger partial charge in [0.25, 0.3) is 10.1 Å². The Morgan fingerprint density at radius 3 is 2.74 bits per heavy atom. The highest BCUT2D eigenvalue weighted by atomic mass is 32.2. The summed E-state index contributed by atoms with van der Waals surface area (Å²) in [6, 6.07) is 8.28. The standard InChI is InChI=1S/C12H12O6S/c13-12-7-9(8-17-5-6-19(14,15)16)10-3-1-2-4-11(10)18-12/h1-4,7H,5-6,8H2,(H,14,15,16). The average molecular weight is 284 g/mol. The van der Waals surface area contributed by atoms with E-state index in [-0.39, 0.29) is 13.2 Å². The average Bonchev–Trinajstić information content (AvgIpc) is 2.33. The molecule has 0 aliphatic rings. The molecule has 1 N–H and O–H groups in total. The van der Waals surface area contributed by atoms with E-state index < -0.39 is 21.5 Å². The highest BCUT2D eigenvalue weighted by Crippen LogP contribution is 2.17. The predicted molar refractivity (Wildman–Crippen MR) is 68.6 cm³/mol. The third-order valence-electron chi connectivity index (χ3n) is 2.48. The van der Waals surface area contributed by atoms with Gasteiger partial charge in [0.2, 0.25) is 0 Å². The number of ether oxygens (including phenoxy) is 1. The maximum Gasteiger partial charge on any atom is 0.336 e. The minimum absolute atomic E-state index is 0.0711. The molecule has 1 aromatic heterocycles. The number of fused-ring (bicyclic) bond motifs is 1. The molecule has 0 bridgehead atoms. The molecule has 102 valence electrons. The topological polar surface area (TPSA) is 93.8 Å². The van der Waals surface area contributed by atoms with Crippen molar-refractivity contribution in [2.45, 2.75) is 6.61 Å². The number of hydrogen-bond acceptors (Lipinski definition) is 5. The summed E-state index contributed by atoms with van der Waals surface area (Å²) in [5.74, 6) is -0.480. The normalized spacial score (nSPS) is 11.8. The molecule has 7 heteroatoms. The molecule has 19 heavy (non-hydrogen) atoms. The molecular weight excluding hydrogens is 272 g/mol. The van der Waals surface area contributed by atoms with Crippen molar-refractivity contribution in [3.05, 3.63) is 46.3 Å². The lowest BCUT2D eigenvalue weighted by atomic mass is 10.1. The molecule has 0 aliphatic heterocycles. The van der Waals surface area contributed by atoms with Gasteiger partial charge < -0.3 is 9.15 Å². The van der Waals surface area contributed by atoms with Crippen molar-refractivity contribution >= 4 is 21.1 Å². The van der Waals surface area contributed by atoms with E-state index in [0.29, 0.717) is 11.1 Å². The van der Waals surface area contributed by atoms with Gasteiger partial charge in [-0.25, -0.2) is 4.79 Å². The Morgan fingerprint density at radius 2 is 2.00 bits per heavy atom. The summed E-state index contributed by atoms with van der Waals surface area (Å²) in [5, 5.41) is 0.731. The number of rotatable bonds is 5. The molecule has 0 radical (unpaired) electrons. The van der Waals surface area contributed by atoms with Crippen LogP contribution >= 0.6 is 0 Å². The van der Waals surface area contributed by atoms with Crippen LogP contribution in [0.5, 0.6) is 0 Å². The zero-order valence-corrected chi connectivity index (χ0v) is 10.7. The van der Waals surface area contributed by atoms with Gasteiger partial charge >= 0.3 is 5.63 Å². The fraction of sp³-hybridized carbons (Fsp3) is 0.250. The van der Waals surface area contributed by atoms with Crippen LogP contribution in [0.15, 0.2) is 39.5 Å². The summed E-state index contributed by atoms with van der Waals surface area (Å²) in [5.41, 5.74) is 0.567. The first-order chi connectivity index (χ1) is 8.96. The van der Waals surface area contributed by atoms with Gasteiger partial charge in [0.05, 0.1) is 19.0 Å². The number of hydrogen-bond donors (Lipinski definition) is 1. The Labute approximate surface area is 109 Å². The van der Waals surface area contributed by atoms with Crippen LogP contribution in [0.25, 0.3) is 11.0 Å². The van der Waals surface area contributed by atoms with E-state index >= 15 is 0 Å². The molecule has 0 unspecified atom stereocenters. The van der Waals surface area contributed by atoms with E-state index in [1.54, 1.807) is 24.3 Å². The van der Waals surface area contributed by atoms with Crippen molar-refractivity contribution in [1.29, 1.82) is 0 Å². The molecule has 0 spiro atoms. The van der Waals surface area contributed by atoms with Gasteiger partial charge in [-0.1, -0.05) is 18.2 Å². The molecule has 0 saturated heterocycles. The summed E-state index contributed by atoms with van der Waals surface area (Å²) in [6.45, 7) is -0.0744. The van der Waals surface area contributed by atoms with E-state index in [2.05, 4.69) is 0 Å². The van der Waals surface area contributed by atoms with Gasteiger partial charge in [-0.2, -0.15) is 8.42 Å². The lowest BCUT2D eigenvalue weighted by Gasteiger charge is -2.05. The zero-order chi connectivity index (χ0) is 13.9. The van der Waals surface area contributed by atoms with Crippen molar-refractivity contribution in [2.75, 3.05) is 12.4 Å².